The van der Waals surface area contributed by atoms with Crippen LogP contribution in [0.2, 0.25) is 0 Å². The standard InChI is InChI=1S/C23H27NO3/c1-3-4-15-27-21-11-9-18(16-22(21)26-2)10-12-23(25)24-14-13-19-7-5-6-8-20(19)17-24/h5-12,16H,3-4,13-15,17H2,1-2H3/b12-10+. The molecule has 2 aromatic rings. The molecule has 1 heterocycles. The van der Waals surface area contributed by atoms with Crippen LogP contribution in [0, 0.1) is 0 Å². The molecule has 142 valence electrons. The summed E-state index contributed by atoms with van der Waals surface area (Å²) in [5, 5.41) is 0. The molecule has 0 atom stereocenters. The van der Waals surface area contributed by atoms with Gasteiger partial charge in [0.1, 0.15) is 0 Å². The summed E-state index contributed by atoms with van der Waals surface area (Å²) in [6.45, 7) is 4.24. The molecule has 0 radical (unpaired) electrons. The minimum absolute atomic E-state index is 0.0340. The van der Waals surface area contributed by atoms with E-state index in [0.29, 0.717) is 18.9 Å². The van der Waals surface area contributed by atoms with Crippen molar-refractivity contribution < 1.29 is 14.3 Å². The lowest BCUT2D eigenvalue weighted by Crippen LogP contribution is -2.34. The average molecular weight is 365 g/mol. The minimum atomic E-state index is 0.0340. The van der Waals surface area contributed by atoms with E-state index in [1.54, 1.807) is 13.2 Å². The topological polar surface area (TPSA) is 38.8 Å². The molecule has 1 aliphatic rings. The van der Waals surface area contributed by atoms with Crippen LogP contribution >= 0.6 is 0 Å². The first-order valence-electron chi connectivity index (χ1n) is 9.56. The van der Waals surface area contributed by atoms with E-state index in [0.717, 1.165) is 37.1 Å². The second-order valence-corrected chi connectivity index (χ2v) is 6.72. The van der Waals surface area contributed by atoms with Crippen molar-refractivity contribution in [2.24, 2.45) is 0 Å². The number of ether oxygens (including phenoxy) is 2. The SMILES string of the molecule is CCCCOc1ccc(/C=C/C(=O)N2CCc3ccccc3C2)cc1OC. The molecule has 0 unspecified atom stereocenters. The van der Waals surface area contributed by atoms with Crippen LogP contribution < -0.4 is 9.47 Å². The smallest absolute Gasteiger partial charge is 0.246 e. The fraction of sp³-hybridized carbons (Fsp3) is 0.348. The van der Waals surface area contributed by atoms with Gasteiger partial charge in [-0.15, -0.1) is 0 Å². The summed E-state index contributed by atoms with van der Waals surface area (Å²) in [6.07, 6.45) is 6.49. The zero-order valence-corrected chi connectivity index (χ0v) is 16.1. The Morgan fingerprint density at radius 3 is 2.74 bits per heavy atom. The number of benzene rings is 2. The highest BCUT2D eigenvalue weighted by atomic mass is 16.5. The predicted octanol–water partition coefficient (Wildman–Crippen LogP) is 4.47. The molecule has 27 heavy (non-hydrogen) atoms. The van der Waals surface area contributed by atoms with Crippen molar-refractivity contribution in [1.29, 1.82) is 0 Å². The highest BCUT2D eigenvalue weighted by Gasteiger charge is 2.18. The van der Waals surface area contributed by atoms with Crippen LogP contribution in [0.4, 0.5) is 0 Å². The van der Waals surface area contributed by atoms with Crippen LogP contribution in [-0.2, 0) is 17.8 Å². The predicted molar refractivity (Wildman–Crippen MR) is 108 cm³/mol. The largest absolute Gasteiger partial charge is 0.493 e. The van der Waals surface area contributed by atoms with Crippen molar-refractivity contribution in [3.63, 3.8) is 0 Å². The Morgan fingerprint density at radius 1 is 1.15 bits per heavy atom. The average Bonchev–Trinajstić information content (AvgIpc) is 2.72. The number of carbonyl (C=O) groups is 1. The number of hydrogen-bond acceptors (Lipinski definition) is 3. The summed E-state index contributed by atoms with van der Waals surface area (Å²) >= 11 is 0. The van der Waals surface area contributed by atoms with Crippen molar-refractivity contribution >= 4 is 12.0 Å². The molecular weight excluding hydrogens is 338 g/mol. The van der Waals surface area contributed by atoms with E-state index in [9.17, 15) is 4.79 Å². The van der Waals surface area contributed by atoms with E-state index in [2.05, 4.69) is 25.1 Å². The first kappa shape index (κ1) is 19.0. The van der Waals surface area contributed by atoms with E-state index in [1.807, 2.05) is 35.2 Å². The van der Waals surface area contributed by atoms with Crippen molar-refractivity contribution in [2.45, 2.75) is 32.7 Å². The molecule has 0 aliphatic carbocycles. The van der Waals surface area contributed by atoms with Gasteiger partial charge in [0.25, 0.3) is 0 Å². The van der Waals surface area contributed by atoms with E-state index < -0.39 is 0 Å². The van der Waals surface area contributed by atoms with Gasteiger partial charge in [0, 0.05) is 19.2 Å². The molecule has 0 bridgehead atoms. The van der Waals surface area contributed by atoms with Gasteiger partial charge in [-0.05, 0) is 47.7 Å². The number of carbonyl (C=O) groups excluding carboxylic acids is 1. The fourth-order valence-corrected chi connectivity index (χ4v) is 3.19. The molecule has 0 spiro atoms. The van der Waals surface area contributed by atoms with Gasteiger partial charge in [0.05, 0.1) is 13.7 Å². The number of nitrogens with zero attached hydrogens (tertiary/aromatic N) is 1. The van der Waals surface area contributed by atoms with Crippen molar-refractivity contribution in [3.8, 4) is 11.5 Å². The van der Waals surface area contributed by atoms with Gasteiger partial charge < -0.3 is 14.4 Å². The van der Waals surface area contributed by atoms with E-state index in [4.69, 9.17) is 9.47 Å². The van der Waals surface area contributed by atoms with Gasteiger partial charge in [-0.25, -0.2) is 0 Å². The Morgan fingerprint density at radius 2 is 1.96 bits per heavy atom. The number of fused-ring (bicyclic) bond motifs is 1. The molecule has 4 nitrogen and oxygen atoms in total. The Kier molecular flexibility index (Phi) is 6.53. The van der Waals surface area contributed by atoms with E-state index >= 15 is 0 Å². The number of amides is 1. The summed E-state index contributed by atoms with van der Waals surface area (Å²) < 4.78 is 11.2. The highest BCUT2D eigenvalue weighted by molar-refractivity contribution is 5.92. The Balaban J connectivity index is 1.64. The summed E-state index contributed by atoms with van der Waals surface area (Å²) in [7, 11) is 1.63. The summed E-state index contributed by atoms with van der Waals surface area (Å²) in [4.78, 5) is 14.4. The lowest BCUT2D eigenvalue weighted by molar-refractivity contribution is -0.126. The maximum atomic E-state index is 12.6. The molecule has 2 aromatic carbocycles. The van der Waals surface area contributed by atoms with Crippen LogP contribution in [0.5, 0.6) is 11.5 Å². The summed E-state index contributed by atoms with van der Waals surface area (Å²) in [6, 6.07) is 14.1. The highest BCUT2D eigenvalue weighted by Crippen LogP contribution is 2.29. The lowest BCUT2D eigenvalue weighted by Gasteiger charge is -2.27. The van der Waals surface area contributed by atoms with E-state index in [1.165, 1.54) is 11.1 Å². The monoisotopic (exact) mass is 365 g/mol. The van der Waals surface area contributed by atoms with Gasteiger partial charge in [0.15, 0.2) is 11.5 Å². The van der Waals surface area contributed by atoms with Gasteiger partial charge in [-0.2, -0.15) is 0 Å². The zero-order chi connectivity index (χ0) is 19.1. The maximum Gasteiger partial charge on any atom is 0.246 e. The Labute approximate surface area is 161 Å². The molecule has 1 aliphatic heterocycles. The number of methoxy groups -OCH3 is 1. The molecule has 0 saturated heterocycles. The van der Waals surface area contributed by atoms with E-state index in [-0.39, 0.29) is 5.91 Å². The summed E-state index contributed by atoms with van der Waals surface area (Å²) in [5.41, 5.74) is 3.50. The molecule has 3 rings (SSSR count). The molecular formula is C23H27NO3. The van der Waals surface area contributed by atoms with Crippen molar-refractivity contribution in [1.82, 2.24) is 4.90 Å². The van der Waals surface area contributed by atoms with Crippen molar-refractivity contribution in [2.75, 3.05) is 20.3 Å². The quantitative estimate of drug-likeness (QED) is 0.537. The second-order valence-electron chi connectivity index (χ2n) is 6.72. The molecule has 0 fully saturated rings. The third-order valence-corrected chi connectivity index (χ3v) is 4.80. The number of rotatable bonds is 7. The zero-order valence-electron chi connectivity index (χ0n) is 16.1. The van der Waals surface area contributed by atoms with Crippen LogP contribution in [0.25, 0.3) is 6.08 Å². The summed E-state index contributed by atoms with van der Waals surface area (Å²) in [5.74, 6) is 1.46. The first-order valence-corrected chi connectivity index (χ1v) is 9.56. The van der Waals surface area contributed by atoms with Gasteiger partial charge in [0.2, 0.25) is 5.91 Å². The lowest BCUT2D eigenvalue weighted by atomic mass is 10.00. The van der Waals surface area contributed by atoms with Gasteiger partial charge in [-0.1, -0.05) is 43.7 Å². The maximum absolute atomic E-state index is 12.6. The fourth-order valence-electron chi connectivity index (χ4n) is 3.19. The third-order valence-electron chi connectivity index (χ3n) is 4.80. The minimum Gasteiger partial charge on any atom is -0.493 e. The van der Waals surface area contributed by atoms with Crippen LogP contribution in [0.1, 0.15) is 36.5 Å². The normalized spacial score (nSPS) is 13.5. The number of unbranched alkanes of at least 4 members (excludes halogenated alkanes) is 1. The molecule has 0 saturated carbocycles. The Hall–Kier alpha value is -2.75. The number of hydrogen-bond donors (Lipinski definition) is 0. The first-order chi connectivity index (χ1) is 13.2. The molecule has 0 aromatic heterocycles. The van der Waals surface area contributed by atoms with Crippen LogP contribution in [0.3, 0.4) is 0 Å². The molecule has 4 heteroatoms. The molecule has 1 amide bonds. The van der Waals surface area contributed by atoms with Crippen molar-refractivity contribution in [3.05, 3.63) is 65.2 Å². The second kappa shape index (κ2) is 9.26. The molecule has 0 N–H and O–H groups in total. The van der Waals surface area contributed by atoms with Crippen LogP contribution in [0.15, 0.2) is 48.5 Å². The third kappa shape index (κ3) is 4.91. The van der Waals surface area contributed by atoms with Crippen LogP contribution in [-0.4, -0.2) is 31.1 Å². The Bertz CT molecular complexity index is 813. The van der Waals surface area contributed by atoms with Gasteiger partial charge >= 0.3 is 0 Å². The van der Waals surface area contributed by atoms with Gasteiger partial charge in [-0.3, -0.25) is 4.79 Å².